The maximum Gasteiger partial charge on any atom is 0.255 e. The Bertz CT molecular complexity index is 622. The Morgan fingerprint density at radius 2 is 1.95 bits per heavy atom. The van der Waals surface area contributed by atoms with Crippen LogP contribution in [0.25, 0.3) is 0 Å². The number of aromatic nitrogens is 1. The molecule has 0 saturated carbocycles. The average molecular weight is 267 g/mol. The van der Waals surface area contributed by atoms with E-state index < -0.39 is 0 Å². The fraction of sp³-hybridized carbons (Fsp3) is 0.250. The van der Waals surface area contributed by atoms with Gasteiger partial charge in [-0.3, -0.25) is 4.79 Å². The van der Waals surface area contributed by atoms with Crippen molar-refractivity contribution < 1.29 is 4.79 Å². The number of hydrogen-bond donors (Lipinski definition) is 1. The number of aryl methyl sites for hydroxylation is 1. The summed E-state index contributed by atoms with van der Waals surface area (Å²) in [6.07, 6.45) is 3.57. The van der Waals surface area contributed by atoms with Crippen LogP contribution in [0.4, 0.5) is 5.82 Å². The highest BCUT2D eigenvalue weighted by Gasteiger charge is 2.20. The topological polar surface area (TPSA) is 59.2 Å². The molecular weight excluding hydrogens is 250 g/mol. The molecule has 0 fully saturated rings. The normalized spacial score (nSPS) is 14.5. The molecule has 2 aromatic rings. The number of nitrogens with two attached hydrogens (primary N) is 1. The van der Waals surface area contributed by atoms with Gasteiger partial charge >= 0.3 is 0 Å². The molecule has 1 aliphatic rings. The first-order chi connectivity index (χ1) is 9.74. The zero-order valence-corrected chi connectivity index (χ0v) is 11.2. The van der Waals surface area contributed by atoms with Crippen molar-refractivity contribution in [1.82, 2.24) is 9.88 Å². The van der Waals surface area contributed by atoms with Gasteiger partial charge in [-0.05, 0) is 36.1 Å². The van der Waals surface area contributed by atoms with Crippen molar-refractivity contribution in [2.24, 2.45) is 0 Å². The Balaban J connectivity index is 1.84. The summed E-state index contributed by atoms with van der Waals surface area (Å²) in [7, 11) is 0. The van der Waals surface area contributed by atoms with Gasteiger partial charge in [0.05, 0.1) is 5.56 Å². The maximum atomic E-state index is 12.5. The van der Waals surface area contributed by atoms with Crippen LogP contribution < -0.4 is 5.73 Å². The van der Waals surface area contributed by atoms with Gasteiger partial charge in [0, 0.05) is 19.3 Å². The van der Waals surface area contributed by atoms with E-state index in [0.717, 1.165) is 19.4 Å². The van der Waals surface area contributed by atoms with E-state index in [2.05, 4.69) is 23.2 Å². The minimum Gasteiger partial charge on any atom is -0.384 e. The van der Waals surface area contributed by atoms with Crippen molar-refractivity contribution in [3.8, 4) is 0 Å². The molecule has 1 aromatic heterocycles. The molecule has 0 aliphatic carbocycles. The lowest BCUT2D eigenvalue weighted by molar-refractivity contribution is 0.0745. The van der Waals surface area contributed by atoms with E-state index in [1.165, 1.54) is 11.1 Å². The maximum absolute atomic E-state index is 12.5. The summed E-state index contributed by atoms with van der Waals surface area (Å²) in [6.45, 7) is 1.44. The lowest BCUT2D eigenvalue weighted by atomic mass is 10.0. The first-order valence-corrected chi connectivity index (χ1v) is 6.81. The van der Waals surface area contributed by atoms with E-state index in [1.54, 1.807) is 18.3 Å². The zero-order valence-electron chi connectivity index (χ0n) is 11.2. The molecule has 4 heteroatoms. The van der Waals surface area contributed by atoms with E-state index in [-0.39, 0.29) is 5.91 Å². The van der Waals surface area contributed by atoms with Gasteiger partial charge in [0.2, 0.25) is 0 Å². The van der Waals surface area contributed by atoms with Crippen molar-refractivity contribution in [2.75, 3.05) is 12.3 Å². The lowest BCUT2D eigenvalue weighted by Crippen LogP contribution is -2.30. The Hall–Kier alpha value is -2.36. The van der Waals surface area contributed by atoms with Gasteiger partial charge in [0.1, 0.15) is 5.82 Å². The molecule has 20 heavy (non-hydrogen) atoms. The fourth-order valence-electron chi connectivity index (χ4n) is 2.59. The lowest BCUT2D eigenvalue weighted by Gasteiger charge is -2.20. The van der Waals surface area contributed by atoms with Crippen molar-refractivity contribution in [3.63, 3.8) is 0 Å². The Kier molecular flexibility index (Phi) is 3.37. The van der Waals surface area contributed by atoms with Crippen molar-refractivity contribution >= 4 is 11.7 Å². The smallest absolute Gasteiger partial charge is 0.255 e. The molecule has 1 amide bonds. The fourth-order valence-corrected chi connectivity index (χ4v) is 2.59. The second-order valence-electron chi connectivity index (χ2n) is 5.07. The second kappa shape index (κ2) is 5.33. The highest BCUT2D eigenvalue weighted by molar-refractivity contribution is 5.94. The molecule has 0 spiro atoms. The van der Waals surface area contributed by atoms with Gasteiger partial charge in [-0.1, -0.05) is 24.3 Å². The van der Waals surface area contributed by atoms with Crippen LogP contribution in [0.1, 0.15) is 27.9 Å². The van der Waals surface area contributed by atoms with Crippen LogP contribution in [-0.4, -0.2) is 22.3 Å². The monoisotopic (exact) mass is 267 g/mol. The van der Waals surface area contributed by atoms with Crippen LogP contribution >= 0.6 is 0 Å². The van der Waals surface area contributed by atoms with Gasteiger partial charge in [0.25, 0.3) is 5.91 Å². The largest absolute Gasteiger partial charge is 0.384 e. The average Bonchev–Trinajstić information content (AvgIpc) is 2.69. The molecule has 0 saturated heterocycles. The standard InChI is InChI=1S/C16H17N3O/c17-15-8-7-13(10-18-15)16(20)19-9-3-6-12-4-1-2-5-14(12)11-19/h1-2,4-5,7-8,10H,3,6,9,11H2,(H2,17,18). The number of anilines is 1. The predicted molar refractivity (Wildman–Crippen MR) is 78.2 cm³/mol. The number of hydrogen-bond acceptors (Lipinski definition) is 3. The summed E-state index contributed by atoms with van der Waals surface area (Å²) >= 11 is 0. The van der Waals surface area contributed by atoms with Crippen LogP contribution in [0.5, 0.6) is 0 Å². The van der Waals surface area contributed by atoms with Gasteiger partial charge in [-0.15, -0.1) is 0 Å². The van der Waals surface area contributed by atoms with Crippen LogP contribution in [0.3, 0.4) is 0 Å². The van der Waals surface area contributed by atoms with E-state index in [0.29, 0.717) is 17.9 Å². The van der Waals surface area contributed by atoms with Crippen molar-refractivity contribution in [2.45, 2.75) is 19.4 Å². The SMILES string of the molecule is Nc1ccc(C(=O)N2CCCc3ccccc3C2)cn1. The van der Waals surface area contributed by atoms with Crippen LogP contribution in [0.15, 0.2) is 42.6 Å². The van der Waals surface area contributed by atoms with E-state index >= 15 is 0 Å². The second-order valence-corrected chi connectivity index (χ2v) is 5.07. The van der Waals surface area contributed by atoms with E-state index in [4.69, 9.17) is 5.73 Å². The number of carbonyl (C=O) groups is 1. The first kappa shape index (κ1) is 12.7. The third-order valence-corrected chi connectivity index (χ3v) is 3.67. The van der Waals surface area contributed by atoms with Gasteiger partial charge in [-0.25, -0.2) is 4.98 Å². The number of amides is 1. The van der Waals surface area contributed by atoms with E-state index in [1.807, 2.05) is 11.0 Å². The summed E-state index contributed by atoms with van der Waals surface area (Å²) in [5.41, 5.74) is 8.74. The highest BCUT2D eigenvalue weighted by atomic mass is 16.2. The molecular formula is C16H17N3O. The van der Waals surface area contributed by atoms with Crippen LogP contribution in [0.2, 0.25) is 0 Å². The summed E-state index contributed by atoms with van der Waals surface area (Å²) in [5.74, 6) is 0.456. The van der Waals surface area contributed by atoms with Gasteiger partial charge in [0.15, 0.2) is 0 Å². The summed E-state index contributed by atoms with van der Waals surface area (Å²) in [4.78, 5) is 18.4. The molecule has 1 aliphatic heterocycles. The molecule has 0 bridgehead atoms. The Morgan fingerprint density at radius 1 is 1.15 bits per heavy atom. The molecule has 2 heterocycles. The zero-order chi connectivity index (χ0) is 13.9. The van der Waals surface area contributed by atoms with Crippen LogP contribution in [-0.2, 0) is 13.0 Å². The molecule has 0 radical (unpaired) electrons. The third kappa shape index (κ3) is 2.50. The van der Waals surface area contributed by atoms with Crippen LogP contribution in [0, 0.1) is 0 Å². The highest BCUT2D eigenvalue weighted by Crippen LogP contribution is 2.20. The quantitative estimate of drug-likeness (QED) is 0.862. The van der Waals surface area contributed by atoms with Gasteiger partial charge < -0.3 is 10.6 Å². The minimum absolute atomic E-state index is 0.0224. The number of pyridine rings is 1. The number of rotatable bonds is 1. The molecule has 1 aromatic carbocycles. The van der Waals surface area contributed by atoms with E-state index in [9.17, 15) is 4.79 Å². The first-order valence-electron chi connectivity index (χ1n) is 6.81. The number of nitrogen functional groups attached to an aromatic ring is 1. The summed E-state index contributed by atoms with van der Waals surface area (Å²) < 4.78 is 0. The summed E-state index contributed by atoms with van der Waals surface area (Å²) in [5, 5.41) is 0. The van der Waals surface area contributed by atoms with Crippen molar-refractivity contribution in [3.05, 3.63) is 59.3 Å². The Morgan fingerprint density at radius 3 is 2.70 bits per heavy atom. The third-order valence-electron chi connectivity index (χ3n) is 3.67. The molecule has 0 atom stereocenters. The number of benzene rings is 1. The summed E-state index contributed by atoms with van der Waals surface area (Å²) in [6, 6.07) is 11.7. The predicted octanol–water partition coefficient (Wildman–Crippen LogP) is 2.25. The molecule has 3 rings (SSSR count). The van der Waals surface area contributed by atoms with Crippen molar-refractivity contribution in [1.29, 1.82) is 0 Å². The Labute approximate surface area is 118 Å². The molecule has 102 valence electrons. The molecule has 2 N–H and O–H groups in total. The molecule has 4 nitrogen and oxygen atoms in total. The molecule has 0 unspecified atom stereocenters. The van der Waals surface area contributed by atoms with Gasteiger partial charge in [-0.2, -0.15) is 0 Å². The number of fused-ring (bicyclic) bond motifs is 1. The minimum atomic E-state index is 0.0224. The number of carbonyl (C=O) groups excluding carboxylic acids is 1. The number of nitrogens with zero attached hydrogens (tertiary/aromatic N) is 2.